The smallest absolute Gasteiger partial charge is 0.257 e. The third kappa shape index (κ3) is 3.10. The van der Waals surface area contributed by atoms with Crippen molar-refractivity contribution < 1.29 is 9.53 Å². The minimum absolute atomic E-state index is 0.0732. The van der Waals surface area contributed by atoms with Crippen molar-refractivity contribution >= 4 is 5.91 Å². The molecule has 0 saturated carbocycles. The number of benzene rings is 1. The first-order chi connectivity index (χ1) is 10.3. The number of para-hydroxylation sites is 1. The van der Waals surface area contributed by atoms with Gasteiger partial charge in [0, 0.05) is 25.2 Å². The van der Waals surface area contributed by atoms with Gasteiger partial charge in [0.25, 0.3) is 5.91 Å². The van der Waals surface area contributed by atoms with Gasteiger partial charge < -0.3 is 15.0 Å². The normalized spacial score (nSPS) is 24.5. The number of carbonyl (C=O) groups is 1. The summed E-state index contributed by atoms with van der Waals surface area (Å²) in [6.07, 6.45) is 5.14. The molecule has 112 valence electrons. The molecule has 4 nitrogen and oxygen atoms in total. The first-order valence-electron chi connectivity index (χ1n) is 7.66. The van der Waals surface area contributed by atoms with Crippen molar-refractivity contribution in [3.8, 4) is 5.75 Å². The molecule has 2 fully saturated rings. The lowest BCUT2D eigenvalue weighted by Crippen LogP contribution is -2.39. The highest BCUT2D eigenvalue weighted by Crippen LogP contribution is 2.24. The SMILES string of the molecule is C=CCOc1ccccc1C(=O)N1CCC2CCC(C1)N2. The van der Waals surface area contributed by atoms with Gasteiger partial charge in [0.2, 0.25) is 0 Å². The molecule has 0 aliphatic carbocycles. The van der Waals surface area contributed by atoms with E-state index in [4.69, 9.17) is 4.74 Å². The van der Waals surface area contributed by atoms with Crippen LogP contribution in [0.3, 0.4) is 0 Å². The molecule has 1 amide bonds. The van der Waals surface area contributed by atoms with Gasteiger partial charge in [-0.15, -0.1) is 0 Å². The number of rotatable bonds is 4. The number of nitrogens with one attached hydrogen (secondary N) is 1. The summed E-state index contributed by atoms with van der Waals surface area (Å²) in [5.74, 6) is 0.716. The van der Waals surface area contributed by atoms with Crippen molar-refractivity contribution in [2.24, 2.45) is 0 Å². The van der Waals surface area contributed by atoms with Gasteiger partial charge in [0.15, 0.2) is 0 Å². The lowest BCUT2D eigenvalue weighted by atomic mass is 10.1. The molecule has 2 saturated heterocycles. The van der Waals surface area contributed by atoms with Gasteiger partial charge in [-0.25, -0.2) is 0 Å². The largest absolute Gasteiger partial charge is 0.489 e. The van der Waals surface area contributed by atoms with E-state index in [0.29, 0.717) is 30.0 Å². The number of nitrogens with zero attached hydrogens (tertiary/aromatic N) is 1. The average molecular weight is 286 g/mol. The standard InChI is InChI=1S/C17H22N2O2/c1-2-11-21-16-6-4-3-5-15(16)17(20)19-10-9-13-7-8-14(12-19)18-13/h2-6,13-14,18H,1,7-12H2. The Balaban J connectivity index is 1.76. The zero-order valence-electron chi connectivity index (χ0n) is 12.3. The number of fused-ring (bicyclic) bond motifs is 2. The molecule has 2 bridgehead atoms. The molecule has 1 N–H and O–H groups in total. The van der Waals surface area contributed by atoms with E-state index < -0.39 is 0 Å². The van der Waals surface area contributed by atoms with Gasteiger partial charge in [0.1, 0.15) is 12.4 Å². The van der Waals surface area contributed by atoms with Gasteiger partial charge in [-0.1, -0.05) is 24.8 Å². The van der Waals surface area contributed by atoms with Gasteiger partial charge in [-0.3, -0.25) is 4.79 Å². The number of likely N-dealkylation sites (tertiary alicyclic amines) is 1. The Morgan fingerprint density at radius 3 is 3.00 bits per heavy atom. The van der Waals surface area contributed by atoms with Crippen molar-refractivity contribution in [2.45, 2.75) is 31.3 Å². The van der Waals surface area contributed by atoms with Crippen molar-refractivity contribution in [1.82, 2.24) is 10.2 Å². The van der Waals surface area contributed by atoms with Crippen LogP contribution in [0.2, 0.25) is 0 Å². The van der Waals surface area contributed by atoms with Crippen molar-refractivity contribution in [3.63, 3.8) is 0 Å². The quantitative estimate of drug-likeness (QED) is 0.863. The molecule has 4 heteroatoms. The number of hydrogen-bond donors (Lipinski definition) is 1. The number of amides is 1. The summed E-state index contributed by atoms with van der Waals surface area (Å²) in [7, 11) is 0. The molecular formula is C17H22N2O2. The van der Waals surface area contributed by atoms with Crippen molar-refractivity contribution in [2.75, 3.05) is 19.7 Å². The Hall–Kier alpha value is -1.81. The Bertz CT molecular complexity index is 529. The maximum atomic E-state index is 12.8. The molecule has 0 spiro atoms. The molecule has 3 rings (SSSR count). The highest BCUT2D eigenvalue weighted by molar-refractivity contribution is 5.97. The van der Waals surface area contributed by atoms with Gasteiger partial charge in [-0.05, 0) is 31.4 Å². The minimum atomic E-state index is 0.0732. The molecule has 1 aromatic carbocycles. The molecule has 0 aromatic heterocycles. The Labute approximate surface area is 125 Å². The number of hydrogen-bond acceptors (Lipinski definition) is 3. The molecule has 2 atom stereocenters. The first kappa shape index (κ1) is 14.1. The topological polar surface area (TPSA) is 41.6 Å². The first-order valence-corrected chi connectivity index (χ1v) is 7.66. The summed E-state index contributed by atoms with van der Waals surface area (Å²) in [6.45, 7) is 5.68. The third-order valence-corrected chi connectivity index (χ3v) is 4.28. The van der Waals surface area contributed by atoms with Gasteiger partial charge in [-0.2, -0.15) is 0 Å². The van der Waals surface area contributed by atoms with Crippen LogP contribution in [0, 0.1) is 0 Å². The molecular weight excluding hydrogens is 264 g/mol. The number of ether oxygens (including phenoxy) is 1. The molecule has 0 radical (unpaired) electrons. The van der Waals surface area contributed by atoms with Gasteiger partial charge in [0.05, 0.1) is 5.56 Å². The van der Waals surface area contributed by atoms with Crippen LogP contribution >= 0.6 is 0 Å². The molecule has 2 unspecified atom stereocenters. The number of carbonyl (C=O) groups excluding carboxylic acids is 1. The fraction of sp³-hybridized carbons (Fsp3) is 0.471. The van der Waals surface area contributed by atoms with E-state index in [9.17, 15) is 4.79 Å². The predicted molar refractivity (Wildman–Crippen MR) is 82.6 cm³/mol. The summed E-state index contributed by atoms with van der Waals surface area (Å²) in [5, 5.41) is 3.60. The van der Waals surface area contributed by atoms with E-state index in [1.54, 1.807) is 6.08 Å². The Kier molecular flexibility index (Phi) is 4.25. The molecule has 1 aromatic rings. The predicted octanol–water partition coefficient (Wildman–Crippen LogP) is 2.22. The van der Waals surface area contributed by atoms with E-state index in [-0.39, 0.29) is 5.91 Å². The third-order valence-electron chi connectivity index (χ3n) is 4.28. The highest BCUT2D eigenvalue weighted by Gasteiger charge is 2.32. The Morgan fingerprint density at radius 2 is 2.14 bits per heavy atom. The van der Waals surface area contributed by atoms with Gasteiger partial charge >= 0.3 is 0 Å². The maximum absolute atomic E-state index is 12.8. The summed E-state index contributed by atoms with van der Waals surface area (Å²) >= 11 is 0. The second-order valence-electron chi connectivity index (χ2n) is 5.77. The summed E-state index contributed by atoms with van der Waals surface area (Å²) in [4.78, 5) is 14.8. The molecule has 2 aliphatic rings. The summed E-state index contributed by atoms with van der Waals surface area (Å²) in [6, 6.07) is 8.50. The highest BCUT2D eigenvalue weighted by atomic mass is 16.5. The molecule has 21 heavy (non-hydrogen) atoms. The van der Waals surface area contributed by atoms with Crippen LogP contribution in [-0.4, -0.2) is 42.6 Å². The van der Waals surface area contributed by atoms with Crippen LogP contribution in [0.5, 0.6) is 5.75 Å². The van der Waals surface area contributed by atoms with Crippen LogP contribution in [0.1, 0.15) is 29.6 Å². The lowest BCUT2D eigenvalue weighted by molar-refractivity contribution is 0.0744. The van der Waals surface area contributed by atoms with Crippen LogP contribution in [0.4, 0.5) is 0 Å². The lowest BCUT2D eigenvalue weighted by Gasteiger charge is -2.25. The van der Waals surface area contributed by atoms with E-state index >= 15 is 0 Å². The Morgan fingerprint density at radius 1 is 1.33 bits per heavy atom. The molecule has 2 heterocycles. The van der Waals surface area contributed by atoms with Crippen LogP contribution < -0.4 is 10.1 Å². The monoisotopic (exact) mass is 286 g/mol. The van der Waals surface area contributed by atoms with Crippen LogP contribution in [-0.2, 0) is 0 Å². The second kappa shape index (κ2) is 6.31. The summed E-state index contributed by atoms with van der Waals surface area (Å²) in [5.41, 5.74) is 0.650. The zero-order chi connectivity index (χ0) is 14.7. The van der Waals surface area contributed by atoms with E-state index in [1.165, 1.54) is 12.8 Å². The van der Waals surface area contributed by atoms with Crippen molar-refractivity contribution in [3.05, 3.63) is 42.5 Å². The van der Waals surface area contributed by atoms with Crippen LogP contribution in [0.25, 0.3) is 0 Å². The fourth-order valence-electron chi connectivity index (χ4n) is 3.22. The van der Waals surface area contributed by atoms with Crippen LogP contribution in [0.15, 0.2) is 36.9 Å². The summed E-state index contributed by atoms with van der Waals surface area (Å²) < 4.78 is 5.61. The molecule has 2 aliphatic heterocycles. The van der Waals surface area contributed by atoms with Crippen molar-refractivity contribution in [1.29, 1.82) is 0 Å². The minimum Gasteiger partial charge on any atom is -0.489 e. The zero-order valence-corrected chi connectivity index (χ0v) is 12.3. The fourth-order valence-corrected chi connectivity index (χ4v) is 3.22. The van der Waals surface area contributed by atoms with E-state index in [2.05, 4.69) is 11.9 Å². The van der Waals surface area contributed by atoms with E-state index in [1.807, 2.05) is 29.2 Å². The second-order valence-corrected chi connectivity index (χ2v) is 5.77. The maximum Gasteiger partial charge on any atom is 0.257 e. The van der Waals surface area contributed by atoms with E-state index in [0.717, 1.165) is 19.5 Å². The average Bonchev–Trinajstić information content (AvgIpc) is 2.84.